The number of nitrogens with zero attached hydrogens (tertiary/aromatic N) is 3. The third kappa shape index (κ3) is 6.22. The van der Waals surface area contributed by atoms with Crippen LogP contribution in [0, 0.1) is 5.41 Å². The van der Waals surface area contributed by atoms with Gasteiger partial charge in [0.05, 0.1) is 0 Å². The van der Waals surface area contributed by atoms with Crippen LogP contribution in [0.5, 0.6) is 0 Å². The van der Waals surface area contributed by atoms with Crippen molar-refractivity contribution in [2.45, 2.75) is 6.54 Å². The van der Waals surface area contributed by atoms with Gasteiger partial charge in [-0.1, -0.05) is 61.7 Å². The Morgan fingerprint density at radius 3 is 2.43 bits per heavy atom. The number of aliphatic imine (C=N–C) groups is 1. The highest BCUT2D eigenvalue weighted by Gasteiger charge is 2.08. The van der Waals surface area contributed by atoms with E-state index in [1.54, 1.807) is 22.0 Å². The smallest absolute Gasteiger partial charge is 0.221 e. The van der Waals surface area contributed by atoms with Crippen molar-refractivity contribution in [2.75, 3.05) is 20.6 Å². The van der Waals surface area contributed by atoms with Crippen molar-refractivity contribution >= 4 is 11.9 Å². The maximum atomic E-state index is 8.06. The standard InChI is InChI=1S/C18H25N5/c1-5-10-15(6-2)13-22(3)17(19)21-18(20)23(4)14-16-11-8-7-9-12-16/h5-12H,1-2,13-14H2,3-4H3,(H3,19,20,21)/b15-10+. The second-order valence-corrected chi connectivity index (χ2v) is 5.17. The van der Waals surface area contributed by atoms with Crippen molar-refractivity contribution in [3.63, 3.8) is 0 Å². The number of hydrogen-bond acceptors (Lipinski definition) is 1. The Balaban J connectivity index is 2.68. The first-order chi connectivity index (χ1) is 11.0. The van der Waals surface area contributed by atoms with Crippen LogP contribution in [0.1, 0.15) is 5.56 Å². The molecule has 122 valence electrons. The molecule has 0 aliphatic carbocycles. The normalized spacial score (nSPS) is 11.7. The minimum Gasteiger partial charge on any atom is -0.369 e. The zero-order chi connectivity index (χ0) is 17.2. The highest BCUT2D eigenvalue weighted by molar-refractivity contribution is 5.92. The predicted octanol–water partition coefficient (Wildman–Crippen LogP) is 2.60. The van der Waals surface area contributed by atoms with E-state index in [-0.39, 0.29) is 11.9 Å². The fourth-order valence-electron chi connectivity index (χ4n) is 1.90. The highest BCUT2D eigenvalue weighted by Crippen LogP contribution is 2.04. The zero-order valence-electron chi connectivity index (χ0n) is 13.9. The number of hydrogen-bond donors (Lipinski definition) is 2. The van der Waals surface area contributed by atoms with Crippen LogP contribution in [-0.4, -0.2) is 42.4 Å². The predicted molar refractivity (Wildman–Crippen MR) is 98.4 cm³/mol. The van der Waals surface area contributed by atoms with Gasteiger partial charge in [0.15, 0.2) is 5.96 Å². The summed E-state index contributed by atoms with van der Waals surface area (Å²) in [6, 6.07) is 9.94. The van der Waals surface area contributed by atoms with Crippen LogP contribution in [0.25, 0.3) is 0 Å². The summed E-state index contributed by atoms with van der Waals surface area (Å²) in [5, 5.41) is 8.06. The molecule has 1 aromatic rings. The number of nitrogens with two attached hydrogens (primary N) is 1. The summed E-state index contributed by atoms with van der Waals surface area (Å²) >= 11 is 0. The maximum Gasteiger partial charge on any atom is 0.221 e. The molecule has 23 heavy (non-hydrogen) atoms. The van der Waals surface area contributed by atoms with Gasteiger partial charge in [-0.05, 0) is 11.1 Å². The van der Waals surface area contributed by atoms with E-state index < -0.39 is 0 Å². The minimum atomic E-state index is 0.117. The molecule has 1 rings (SSSR count). The van der Waals surface area contributed by atoms with Gasteiger partial charge in [-0.25, -0.2) is 0 Å². The second-order valence-electron chi connectivity index (χ2n) is 5.17. The van der Waals surface area contributed by atoms with E-state index in [4.69, 9.17) is 11.1 Å². The fourth-order valence-corrected chi connectivity index (χ4v) is 1.90. The summed E-state index contributed by atoms with van der Waals surface area (Å²) in [7, 11) is 3.64. The van der Waals surface area contributed by atoms with Crippen molar-refractivity contribution in [1.29, 1.82) is 5.41 Å². The molecule has 0 aliphatic heterocycles. The molecular formula is C18H25N5. The molecular weight excluding hydrogens is 286 g/mol. The fraction of sp³-hybridized carbons (Fsp3) is 0.222. The van der Waals surface area contributed by atoms with E-state index >= 15 is 0 Å². The first kappa shape index (κ1) is 18.2. The zero-order valence-corrected chi connectivity index (χ0v) is 13.9. The van der Waals surface area contributed by atoms with Crippen LogP contribution >= 0.6 is 0 Å². The van der Waals surface area contributed by atoms with Crippen LogP contribution < -0.4 is 5.73 Å². The number of benzene rings is 1. The van der Waals surface area contributed by atoms with E-state index in [0.29, 0.717) is 13.1 Å². The van der Waals surface area contributed by atoms with Crippen molar-refractivity contribution < 1.29 is 0 Å². The van der Waals surface area contributed by atoms with Gasteiger partial charge >= 0.3 is 0 Å². The number of likely N-dealkylation sites (N-methyl/N-ethyl adjacent to an activating group) is 1. The average molecular weight is 311 g/mol. The summed E-state index contributed by atoms with van der Waals surface area (Å²) in [6.45, 7) is 8.58. The monoisotopic (exact) mass is 311 g/mol. The molecule has 0 amide bonds. The second kappa shape index (κ2) is 9.25. The van der Waals surface area contributed by atoms with Gasteiger partial charge in [-0.2, -0.15) is 4.99 Å². The van der Waals surface area contributed by atoms with Crippen LogP contribution in [0.15, 0.2) is 72.3 Å². The van der Waals surface area contributed by atoms with Gasteiger partial charge in [0.1, 0.15) is 0 Å². The lowest BCUT2D eigenvalue weighted by Crippen LogP contribution is -2.37. The highest BCUT2D eigenvalue weighted by atomic mass is 15.3. The van der Waals surface area contributed by atoms with Gasteiger partial charge in [0, 0.05) is 27.2 Å². The number of rotatable bonds is 6. The lowest BCUT2D eigenvalue weighted by molar-refractivity contribution is 0.487. The Morgan fingerprint density at radius 2 is 1.87 bits per heavy atom. The van der Waals surface area contributed by atoms with Gasteiger partial charge in [-0.15, -0.1) is 0 Å². The lowest BCUT2D eigenvalue weighted by Gasteiger charge is -2.21. The Kier molecular flexibility index (Phi) is 7.33. The molecule has 0 aliphatic rings. The average Bonchev–Trinajstić information content (AvgIpc) is 2.54. The first-order valence-electron chi connectivity index (χ1n) is 7.30. The molecule has 0 fully saturated rings. The molecule has 1 aromatic carbocycles. The molecule has 0 radical (unpaired) electrons. The Bertz CT molecular complexity index is 601. The summed E-state index contributed by atoms with van der Waals surface area (Å²) in [5.41, 5.74) is 8.06. The number of guanidine groups is 2. The van der Waals surface area contributed by atoms with E-state index in [9.17, 15) is 0 Å². The van der Waals surface area contributed by atoms with Crippen LogP contribution in [0.3, 0.4) is 0 Å². The topological polar surface area (TPSA) is 68.7 Å². The lowest BCUT2D eigenvalue weighted by atomic mass is 10.2. The van der Waals surface area contributed by atoms with Crippen LogP contribution in [-0.2, 0) is 6.54 Å². The van der Waals surface area contributed by atoms with Crippen LogP contribution in [0.2, 0.25) is 0 Å². The molecule has 0 saturated heterocycles. The molecule has 5 heteroatoms. The first-order valence-corrected chi connectivity index (χ1v) is 7.30. The summed E-state index contributed by atoms with van der Waals surface area (Å²) in [5.74, 6) is 0.401. The number of nitrogens with one attached hydrogen (secondary N) is 1. The molecule has 0 unspecified atom stereocenters. The van der Waals surface area contributed by atoms with Crippen molar-refractivity contribution in [2.24, 2.45) is 10.7 Å². The van der Waals surface area contributed by atoms with E-state index in [1.165, 1.54) is 0 Å². The molecule has 0 aromatic heterocycles. The van der Waals surface area contributed by atoms with E-state index in [0.717, 1.165) is 11.1 Å². The minimum absolute atomic E-state index is 0.117. The van der Waals surface area contributed by atoms with Gasteiger partial charge in [0.2, 0.25) is 5.96 Å². The molecule has 5 nitrogen and oxygen atoms in total. The van der Waals surface area contributed by atoms with Crippen LogP contribution in [0.4, 0.5) is 0 Å². The van der Waals surface area contributed by atoms with Gasteiger partial charge in [0.25, 0.3) is 0 Å². The van der Waals surface area contributed by atoms with E-state index in [1.807, 2.05) is 50.5 Å². The van der Waals surface area contributed by atoms with Gasteiger partial charge in [-0.3, -0.25) is 5.41 Å². The Hall–Kier alpha value is -2.82. The van der Waals surface area contributed by atoms with E-state index in [2.05, 4.69) is 18.2 Å². The largest absolute Gasteiger partial charge is 0.369 e. The molecule has 0 bridgehead atoms. The summed E-state index contributed by atoms with van der Waals surface area (Å²) < 4.78 is 0. The maximum absolute atomic E-state index is 8.06. The quantitative estimate of drug-likeness (QED) is 0.482. The molecule has 0 atom stereocenters. The number of allylic oxidation sites excluding steroid dienone is 2. The summed E-state index contributed by atoms with van der Waals surface area (Å²) in [6.07, 6.45) is 5.32. The molecule has 0 spiro atoms. The third-order valence-corrected chi connectivity index (χ3v) is 3.25. The van der Waals surface area contributed by atoms with Crippen molar-refractivity contribution in [3.8, 4) is 0 Å². The Labute approximate surface area is 138 Å². The summed E-state index contributed by atoms with van der Waals surface area (Å²) in [4.78, 5) is 7.67. The van der Waals surface area contributed by atoms with Crippen molar-refractivity contribution in [3.05, 3.63) is 72.9 Å². The third-order valence-electron chi connectivity index (χ3n) is 3.25. The van der Waals surface area contributed by atoms with Crippen molar-refractivity contribution in [1.82, 2.24) is 9.80 Å². The van der Waals surface area contributed by atoms with Gasteiger partial charge < -0.3 is 15.5 Å². The SMILES string of the molecule is C=C/C=C(\C=C)CN(C)/C(N)=N/C(=N)N(C)Cc1ccccc1. The Morgan fingerprint density at radius 1 is 1.22 bits per heavy atom. The molecule has 3 N–H and O–H groups in total. The molecule has 0 saturated carbocycles. The molecule has 0 heterocycles.